The van der Waals surface area contributed by atoms with Crippen LogP contribution in [0.1, 0.15) is 134 Å². The number of pyridine rings is 1. The Kier molecular flexibility index (Phi) is 22.0. The quantitative estimate of drug-likeness (QED) is 0.0262. The topological polar surface area (TPSA) is 152 Å². The molecule has 0 bridgehead atoms. The first-order chi connectivity index (χ1) is 34.3. The first kappa shape index (κ1) is 55.3. The average molecular weight is 1000 g/mol. The first-order valence-corrected chi connectivity index (χ1v) is 26.7. The molecule has 0 saturated heterocycles. The molecule has 1 aliphatic carbocycles. The lowest BCUT2D eigenvalue weighted by atomic mass is 9.90. The number of unbranched alkanes of at least 4 members (excludes halogenated alkanes) is 4. The highest BCUT2D eigenvalue weighted by atomic mass is 35.5. The van der Waals surface area contributed by atoms with Crippen molar-refractivity contribution in [2.24, 2.45) is 5.41 Å². The van der Waals surface area contributed by atoms with E-state index in [-0.39, 0.29) is 29.4 Å². The van der Waals surface area contributed by atoms with Crippen molar-refractivity contribution in [1.29, 1.82) is 0 Å². The van der Waals surface area contributed by atoms with Gasteiger partial charge in [-0.15, -0.1) is 0 Å². The lowest BCUT2D eigenvalue weighted by molar-refractivity contribution is -0.138. The number of aryl methyl sites for hydroxylation is 2. The Morgan fingerprint density at radius 2 is 1.56 bits per heavy atom. The zero-order chi connectivity index (χ0) is 50.5. The van der Waals surface area contributed by atoms with E-state index >= 15 is 0 Å². The van der Waals surface area contributed by atoms with Crippen LogP contribution in [-0.2, 0) is 34.6 Å². The third-order valence-electron chi connectivity index (χ3n) is 13.1. The third kappa shape index (κ3) is 18.8. The number of carbonyl (C=O) groups is 1. The van der Waals surface area contributed by atoms with E-state index < -0.39 is 17.7 Å². The summed E-state index contributed by atoms with van der Waals surface area (Å²) in [5.74, 6) is 0.175. The summed E-state index contributed by atoms with van der Waals surface area (Å²) in [6.07, 6.45) is 15.3. The van der Waals surface area contributed by atoms with Crippen LogP contribution in [0.2, 0.25) is 5.02 Å². The molecule has 1 unspecified atom stereocenters. The minimum Gasteiger partial charge on any atom is -0.508 e. The Balaban J connectivity index is 0.000000245. The van der Waals surface area contributed by atoms with Gasteiger partial charge in [0.25, 0.3) is 0 Å². The molecule has 2 atom stereocenters. The Hall–Kier alpha value is -5.04. The summed E-state index contributed by atoms with van der Waals surface area (Å²) in [6.45, 7) is 6.43. The lowest BCUT2D eigenvalue weighted by Gasteiger charge is -2.24. The second-order valence-electron chi connectivity index (χ2n) is 19.4. The van der Waals surface area contributed by atoms with Crippen LogP contribution in [0.15, 0.2) is 127 Å². The van der Waals surface area contributed by atoms with E-state index in [2.05, 4.69) is 78.1 Å². The number of phenols is 1. The smallest absolute Gasteiger partial charge is 0.303 e. The summed E-state index contributed by atoms with van der Waals surface area (Å²) in [4.78, 5) is 16.2. The van der Waals surface area contributed by atoms with Crippen LogP contribution in [0.25, 0.3) is 23.1 Å². The Bertz CT molecular complexity index is 2600. The molecule has 378 valence electrons. The van der Waals surface area contributed by atoms with Crippen molar-refractivity contribution in [3.63, 3.8) is 0 Å². The van der Waals surface area contributed by atoms with Gasteiger partial charge < -0.3 is 35.6 Å². The summed E-state index contributed by atoms with van der Waals surface area (Å²) < 4.78 is 5.72. The standard InChI is InChI=1S/C35H36ClNO3S.C25H37NO4/c1-34(2,40)30-9-4-3-7-25(30)13-17-32(41-23-35(18-19-35)22-33(38)39)27-8-5-6-24(20-27)10-15-29-16-12-26-11-14-28(36)21-31(26)37-29;27-20-23-18-22(13-14-24(23)28)25(29)19-26-15-7-1-2-8-16-30-17-9-6-12-21-10-4-3-5-11-21/h3-12,14-16,20-21,32,40H,13,17-19,22-23H2,1-2H3,(H,38,39);3-5,10-11,13-14,18,25-29H,1-2,6-9,12,15-17,19-20H2/b15-10+;/t32-;/m1./s1. The molecule has 1 fully saturated rings. The number of ether oxygens (including phenoxy) is 1. The zero-order valence-corrected chi connectivity index (χ0v) is 43.0. The van der Waals surface area contributed by atoms with Crippen molar-refractivity contribution in [1.82, 2.24) is 10.3 Å². The molecule has 6 aromatic rings. The number of fused-ring (bicyclic) bond motifs is 1. The minimum atomic E-state index is -0.911. The maximum absolute atomic E-state index is 11.5. The molecule has 11 heteroatoms. The van der Waals surface area contributed by atoms with E-state index in [1.165, 1.54) is 23.6 Å². The number of nitrogens with one attached hydrogen (secondary N) is 1. The van der Waals surface area contributed by atoms with Crippen LogP contribution in [0.5, 0.6) is 5.75 Å². The molecule has 71 heavy (non-hydrogen) atoms. The van der Waals surface area contributed by atoms with Crippen LogP contribution in [0.4, 0.5) is 0 Å². The van der Waals surface area contributed by atoms with E-state index in [4.69, 9.17) is 21.3 Å². The number of aliphatic hydroxyl groups is 3. The number of halogens is 1. The predicted octanol–water partition coefficient (Wildman–Crippen LogP) is 13.1. The number of hydrogen-bond donors (Lipinski definition) is 6. The highest BCUT2D eigenvalue weighted by Gasteiger charge is 2.44. The van der Waals surface area contributed by atoms with Crippen molar-refractivity contribution >= 4 is 52.4 Å². The second kappa shape index (κ2) is 28.3. The number of carboxylic acid groups (broad SMARTS) is 1. The van der Waals surface area contributed by atoms with Gasteiger partial charge in [-0.3, -0.25) is 4.79 Å². The van der Waals surface area contributed by atoms with Gasteiger partial charge in [0.1, 0.15) is 5.75 Å². The van der Waals surface area contributed by atoms with Gasteiger partial charge in [-0.25, -0.2) is 4.98 Å². The van der Waals surface area contributed by atoms with E-state index in [9.17, 15) is 30.3 Å². The summed E-state index contributed by atoms with van der Waals surface area (Å²) in [7, 11) is 0. The highest BCUT2D eigenvalue weighted by Crippen LogP contribution is 2.53. The molecule has 6 N–H and O–H groups in total. The van der Waals surface area contributed by atoms with Crippen molar-refractivity contribution < 1.29 is 35.1 Å². The number of carboxylic acids is 1. The van der Waals surface area contributed by atoms with Gasteiger partial charge in [0.05, 0.1) is 35.9 Å². The fourth-order valence-corrected chi connectivity index (χ4v) is 10.5. The number of aromatic hydroxyl groups is 1. The fraction of sp³-hybridized carbons (Fsp3) is 0.400. The summed E-state index contributed by atoms with van der Waals surface area (Å²) in [5, 5.41) is 54.4. The molecule has 0 spiro atoms. The Morgan fingerprint density at radius 1 is 0.817 bits per heavy atom. The third-order valence-corrected chi connectivity index (χ3v) is 15.0. The zero-order valence-electron chi connectivity index (χ0n) is 41.4. The van der Waals surface area contributed by atoms with E-state index in [1.807, 2.05) is 74.1 Å². The summed E-state index contributed by atoms with van der Waals surface area (Å²) in [6, 6.07) is 41.9. The molecule has 7 rings (SSSR count). The van der Waals surface area contributed by atoms with E-state index in [0.29, 0.717) is 22.7 Å². The van der Waals surface area contributed by atoms with E-state index in [1.54, 1.807) is 12.1 Å². The number of aliphatic carboxylic acids is 1. The molecule has 1 heterocycles. The first-order valence-electron chi connectivity index (χ1n) is 25.2. The van der Waals surface area contributed by atoms with Gasteiger partial charge in [0.15, 0.2) is 0 Å². The molecule has 0 amide bonds. The number of aromatic nitrogens is 1. The van der Waals surface area contributed by atoms with Crippen LogP contribution in [-0.4, -0.2) is 68.5 Å². The number of nitrogens with zero attached hydrogens (tertiary/aromatic N) is 1. The minimum absolute atomic E-state index is 0.0533. The molecule has 1 aliphatic rings. The van der Waals surface area contributed by atoms with Gasteiger partial charge in [-0.1, -0.05) is 128 Å². The average Bonchev–Trinajstić information content (AvgIpc) is 4.13. The van der Waals surface area contributed by atoms with Gasteiger partial charge in [0, 0.05) is 46.7 Å². The second-order valence-corrected chi connectivity index (χ2v) is 21.1. The summed E-state index contributed by atoms with van der Waals surface area (Å²) in [5.41, 5.74) is 7.69. The van der Waals surface area contributed by atoms with Crippen molar-refractivity contribution in [3.8, 4) is 5.75 Å². The van der Waals surface area contributed by atoms with Crippen molar-refractivity contribution in [3.05, 3.63) is 177 Å². The summed E-state index contributed by atoms with van der Waals surface area (Å²) >= 11 is 8.04. The maximum atomic E-state index is 11.5. The molecular weight excluding hydrogens is 928 g/mol. The number of rotatable bonds is 28. The highest BCUT2D eigenvalue weighted by molar-refractivity contribution is 7.99. The van der Waals surface area contributed by atoms with Gasteiger partial charge in [0.2, 0.25) is 0 Å². The molecule has 0 radical (unpaired) electrons. The number of aliphatic hydroxyl groups excluding tert-OH is 2. The number of thioether (sulfide) groups is 1. The normalized spacial score (nSPS) is 14.0. The van der Waals surface area contributed by atoms with E-state index in [0.717, 1.165) is 123 Å². The maximum Gasteiger partial charge on any atom is 0.303 e. The molecule has 0 aliphatic heterocycles. The van der Waals surface area contributed by atoms with Crippen molar-refractivity contribution in [2.45, 2.75) is 114 Å². The van der Waals surface area contributed by atoms with Crippen molar-refractivity contribution in [2.75, 3.05) is 32.1 Å². The molecule has 1 aromatic heterocycles. The van der Waals surface area contributed by atoms with Gasteiger partial charge >= 0.3 is 5.97 Å². The Morgan fingerprint density at radius 3 is 2.32 bits per heavy atom. The van der Waals surface area contributed by atoms with Gasteiger partial charge in [-0.05, 0) is 153 Å². The SMILES string of the molecule is CC(C)(O)c1ccccc1CC[C@@H](SCC1(CC(=O)O)CC1)c1cccc(/C=C/c2ccc3ccc(Cl)cc3n2)c1.OCc1cc(C(O)CNCCCCCCOCCCCc2ccccc2)ccc1O. The number of hydrogen-bond acceptors (Lipinski definition) is 9. The largest absolute Gasteiger partial charge is 0.508 e. The van der Waals surface area contributed by atoms with Crippen LogP contribution in [0, 0.1) is 5.41 Å². The van der Waals surface area contributed by atoms with Gasteiger partial charge in [-0.2, -0.15) is 11.8 Å². The number of benzene rings is 5. The van der Waals surface area contributed by atoms with Crippen LogP contribution in [0.3, 0.4) is 0 Å². The van der Waals surface area contributed by atoms with Crippen LogP contribution < -0.4 is 5.32 Å². The molecular formula is C60H73ClN2O7S. The van der Waals surface area contributed by atoms with Crippen LogP contribution >= 0.6 is 23.4 Å². The molecule has 1 saturated carbocycles. The fourth-order valence-electron chi connectivity index (χ4n) is 8.74. The Labute approximate surface area is 430 Å². The lowest BCUT2D eigenvalue weighted by Crippen LogP contribution is -2.22. The predicted molar refractivity (Wildman–Crippen MR) is 292 cm³/mol. The molecule has 5 aromatic carbocycles. The monoisotopic (exact) mass is 1000 g/mol. The molecule has 9 nitrogen and oxygen atoms in total.